The Morgan fingerprint density at radius 3 is 2.36 bits per heavy atom. The van der Waals surface area contributed by atoms with Crippen LogP contribution in [0.5, 0.6) is 11.5 Å². The number of sulfonamides is 1. The molecule has 10 heteroatoms. The Labute approximate surface area is 245 Å². The van der Waals surface area contributed by atoms with Crippen LogP contribution in [0.1, 0.15) is 16.7 Å². The van der Waals surface area contributed by atoms with Gasteiger partial charge in [-0.15, -0.1) is 0 Å². The summed E-state index contributed by atoms with van der Waals surface area (Å²) < 4.78 is 39.9. The summed E-state index contributed by atoms with van der Waals surface area (Å²) >= 11 is 0. The second kappa shape index (κ2) is 12.4. The first-order chi connectivity index (χ1) is 20.2. The van der Waals surface area contributed by atoms with Crippen molar-refractivity contribution in [3.8, 4) is 11.5 Å². The first kappa shape index (κ1) is 28.7. The van der Waals surface area contributed by atoms with Gasteiger partial charge in [-0.05, 0) is 79.1 Å². The fourth-order valence-corrected chi connectivity index (χ4v) is 5.51. The Bertz CT molecular complexity index is 1690. The van der Waals surface area contributed by atoms with Crippen LogP contribution in [-0.4, -0.2) is 39.5 Å². The maximum Gasteiger partial charge on any atom is 0.265 e. The third-order valence-corrected chi connectivity index (χ3v) is 8.33. The van der Waals surface area contributed by atoms with Gasteiger partial charge in [0.1, 0.15) is 11.5 Å². The van der Waals surface area contributed by atoms with Crippen molar-refractivity contribution >= 4 is 33.2 Å². The Kier molecular flexibility index (Phi) is 8.44. The lowest BCUT2D eigenvalue weighted by Gasteiger charge is -2.34. The van der Waals surface area contributed by atoms with Crippen LogP contribution in [0.4, 0.5) is 11.4 Å². The molecule has 0 spiro atoms. The molecule has 4 aromatic rings. The van der Waals surface area contributed by atoms with Crippen LogP contribution in [0.15, 0.2) is 102 Å². The molecule has 42 heavy (non-hydrogen) atoms. The minimum Gasteiger partial charge on any atom is -0.484 e. The fraction of sp³-hybridized carbons (Fsp3) is 0.188. The van der Waals surface area contributed by atoms with Crippen LogP contribution in [0.25, 0.3) is 0 Å². The monoisotopic (exact) mass is 585 g/mol. The molecule has 2 N–H and O–H groups in total. The zero-order valence-electron chi connectivity index (χ0n) is 23.2. The van der Waals surface area contributed by atoms with E-state index in [1.54, 1.807) is 36.4 Å². The molecule has 0 saturated carbocycles. The lowest BCUT2D eigenvalue weighted by atomic mass is 10.1. The number of hydrogen-bond acceptors (Lipinski definition) is 6. The van der Waals surface area contributed by atoms with Gasteiger partial charge >= 0.3 is 0 Å². The van der Waals surface area contributed by atoms with Gasteiger partial charge in [-0.3, -0.25) is 14.3 Å². The molecule has 0 bridgehead atoms. The van der Waals surface area contributed by atoms with E-state index in [0.717, 1.165) is 16.7 Å². The maximum absolute atomic E-state index is 13.3. The van der Waals surface area contributed by atoms with E-state index in [1.807, 2.05) is 50.2 Å². The predicted molar refractivity (Wildman–Crippen MR) is 160 cm³/mol. The van der Waals surface area contributed by atoms with E-state index >= 15 is 0 Å². The van der Waals surface area contributed by atoms with E-state index in [1.165, 1.54) is 29.2 Å². The highest BCUT2D eigenvalue weighted by atomic mass is 32.2. The molecule has 0 saturated heterocycles. The number of rotatable bonds is 9. The summed E-state index contributed by atoms with van der Waals surface area (Å²) in [7, 11) is -3.81. The summed E-state index contributed by atoms with van der Waals surface area (Å²) in [4.78, 5) is 27.7. The van der Waals surface area contributed by atoms with Gasteiger partial charge in [-0.1, -0.05) is 48.5 Å². The topological polar surface area (TPSA) is 114 Å². The largest absolute Gasteiger partial charge is 0.484 e. The number of aryl methyl sites for hydroxylation is 2. The minimum atomic E-state index is -3.81. The van der Waals surface area contributed by atoms with Crippen molar-refractivity contribution in [3.63, 3.8) is 0 Å². The molecule has 0 aromatic heterocycles. The minimum absolute atomic E-state index is 0.0150. The Morgan fingerprint density at radius 2 is 1.62 bits per heavy atom. The molecule has 216 valence electrons. The van der Waals surface area contributed by atoms with E-state index in [4.69, 9.17) is 9.47 Å². The number of nitrogens with one attached hydrogen (secondary N) is 2. The van der Waals surface area contributed by atoms with Crippen molar-refractivity contribution in [2.75, 3.05) is 22.8 Å². The average Bonchev–Trinajstić information content (AvgIpc) is 3.00. The molecule has 1 aliphatic heterocycles. The maximum atomic E-state index is 13.3. The van der Waals surface area contributed by atoms with Crippen LogP contribution in [0, 0.1) is 13.8 Å². The average molecular weight is 586 g/mol. The number of benzene rings is 4. The van der Waals surface area contributed by atoms with E-state index in [-0.39, 0.29) is 29.9 Å². The van der Waals surface area contributed by atoms with Gasteiger partial charge in [0.05, 0.1) is 17.1 Å². The molecule has 1 atom stereocenters. The van der Waals surface area contributed by atoms with E-state index < -0.39 is 16.1 Å². The van der Waals surface area contributed by atoms with Crippen LogP contribution in [0.3, 0.4) is 0 Å². The van der Waals surface area contributed by atoms with Crippen LogP contribution >= 0.6 is 0 Å². The predicted octanol–water partition coefficient (Wildman–Crippen LogP) is 4.59. The summed E-state index contributed by atoms with van der Waals surface area (Å²) in [6, 6.07) is 27.7. The third kappa shape index (κ3) is 6.72. The summed E-state index contributed by atoms with van der Waals surface area (Å²) in [6.45, 7) is 3.90. The first-order valence-electron chi connectivity index (χ1n) is 13.4. The van der Waals surface area contributed by atoms with Gasteiger partial charge in [0.2, 0.25) is 0 Å². The SMILES string of the molecule is Cc1ccc(NS(=O)(=O)c2ccc(OCC(=O)N3C[C@H](C(=O)NCc4ccccc4)Oc4ccccc43)cc2)cc1C. The standard InChI is InChI=1S/C32H31N3O6S/c1-22-12-13-25(18-23(22)2)34-42(38,39)27-16-14-26(15-17-27)40-21-31(36)35-20-30(41-29-11-7-6-10-28(29)35)32(37)33-19-24-8-4-3-5-9-24/h3-18,30,34H,19-21H2,1-2H3,(H,33,37)/t30-/m1/s1. The van der Waals surface area contributed by atoms with Gasteiger partial charge in [-0.25, -0.2) is 8.42 Å². The van der Waals surface area contributed by atoms with Crippen LogP contribution in [-0.2, 0) is 26.2 Å². The molecule has 2 amide bonds. The molecule has 1 aliphatic rings. The zero-order valence-corrected chi connectivity index (χ0v) is 24.1. The second-order valence-corrected chi connectivity index (χ2v) is 11.6. The van der Waals surface area contributed by atoms with E-state index in [0.29, 0.717) is 29.4 Å². The molecule has 0 radical (unpaired) electrons. The third-order valence-electron chi connectivity index (χ3n) is 6.93. The van der Waals surface area contributed by atoms with E-state index in [9.17, 15) is 18.0 Å². The van der Waals surface area contributed by atoms with Crippen molar-refractivity contribution in [1.82, 2.24) is 5.32 Å². The summed E-state index contributed by atoms with van der Waals surface area (Å²) in [5.74, 6) is 0.0352. The van der Waals surface area contributed by atoms with Crippen LogP contribution in [0.2, 0.25) is 0 Å². The van der Waals surface area contributed by atoms with Gasteiger partial charge in [0.15, 0.2) is 12.7 Å². The number of hydrogen-bond donors (Lipinski definition) is 2. The lowest BCUT2D eigenvalue weighted by Crippen LogP contribution is -2.51. The molecule has 0 unspecified atom stereocenters. The number of para-hydroxylation sites is 2. The lowest BCUT2D eigenvalue weighted by molar-refractivity contribution is -0.128. The highest BCUT2D eigenvalue weighted by Crippen LogP contribution is 2.33. The van der Waals surface area contributed by atoms with Crippen molar-refractivity contribution in [1.29, 1.82) is 0 Å². The van der Waals surface area contributed by atoms with Crippen molar-refractivity contribution in [2.24, 2.45) is 0 Å². The summed E-state index contributed by atoms with van der Waals surface area (Å²) in [5.41, 5.74) is 4.00. The number of carbonyl (C=O) groups excluding carboxylic acids is 2. The highest BCUT2D eigenvalue weighted by molar-refractivity contribution is 7.92. The molecule has 4 aromatic carbocycles. The zero-order chi connectivity index (χ0) is 29.7. The van der Waals surface area contributed by atoms with Crippen LogP contribution < -0.4 is 24.4 Å². The van der Waals surface area contributed by atoms with Gasteiger partial charge in [0.25, 0.3) is 21.8 Å². The van der Waals surface area contributed by atoms with Gasteiger partial charge in [-0.2, -0.15) is 0 Å². The molecule has 1 heterocycles. The Hall–Kier alpha value is -4.83. The normalized spacial score (nSPS) is 14.3. The molecule has 0 aliphatic carbocycles. The molecular formula is C32H31N3O6S. The van der Waals surface area contributed by atoms with E-state index in [2.05, 4.69) is 10.0 Å². The number of nitrogens with zero attached hydrogens (tertiary/aromatic N) is 1. The number of ether oxygens (including phenoxy) is 2. The smallest absolute Gasteiger partial charge is 0.265 e. The van der Waals surface area contributed by atoms with Gasteiger partial charge < -0.3 is 19.7 Å². The van der Waals surface area contributed by atoms with Crippen molar-refractivity contribution in [2.45, 2.75) is 31.4 Å². The summed E-state index contributed by atoms with van der Waals surface area (Å²) in [5, 5.41) is 2.87. The Balaban J connectivity index is 1.22. The molecular weight excluding hydrogens is 554 g/mol. The molecule has 9 nitrogen and oxygen atoms in total. The quantitative estimate of drug-likeness (QED) is 0.297. The second-order valence-electron chi connectivity index (χ2n) is 9.95. The molecule has 5 rings (SSSR count). The molecule has 0 fully saturated rings. The number of amides is 2. The summed E-state index contributed by atoms with van der Waals surface area (Å²) in [6.07, 6.45) is -0.901. The first-order valence-corrected chi connectivity index (χ1v) is 14.9. The van der Waals surface area contributed by atoms with Crippen molar-refractivity contribution < 1.29 is 27.5 Å². The number of anilines is 2. The highest BCUT2D eigenvalue weighted by Gasteiger charge is 2.33. The van der Waals surface area contributed by atoms with Crippen molar-refractivity contribution in [3.05, 3.63) is 114 Å². The van der Waals surface area contributed by atoms with Gasteiger partial charge in [0, 0.05) is 12.2 Å². The fourth-order valence-electron chi connectivity index (χ4n) is 4.46. The number of fused-ring (bicyclic) bond motifs is 1. The number of carbonyl (C=O) groups is 2. The Morgan fingerprint density at radius 1 is 0.905 bits per heavy atom.